The molecule has 1 aromatic heterocycles. The fourth-order valence-electron chi connectivity index (χ4n) is 1.13. The van der Waals surface area contributed by atoms with Crippen LogP contribution >= 0.6 is 23.2 Å². The standard InChI is InChI=1S/C8H6Cl2N2/c1-12-7-4-5(9)2-3-6(7)11-8(12)10/h2-4H,1H3. The Morgan fingerprint density at radius 3 is 2.83 bits per heavy atom. The number of imidazole rings is 1. The van der Waals surface area contributed by atoms with Gasteiger partial charge in [0.15, 0.2) is 0 Å². The first kappa shape index (κ1) is 7.90. The van der Waals surface area contributed by atoms with Crippen LogP contribution in [-0.4, -0.2) is 9.55 Å². The smallest absolute Gasteiger partial charge is 0.203 e. The van der Waals surface area contributed by atoms with E-state index in [4.69, 9.17) is 23.2 Å². The zero-order valence-corrected chi connectivity index (χ0v) is 7.89. The van der Waals surface area contributed by atoms with Crippen LogP contribution in [0.4, 0.5) is 0 Å². The van der Waals surface area contributed by atoms with Crippen LogP contribution in [-0.2, 0) is 7.05 Å². The van der Waals surface area contributed by atoms with Gasteiger partial charge in [0.2, 0.25) is 5.28 Å². The molecule has 0 radical (unpaired) electrons. The van der Waals surface area contributed by atoms with E-state index in [0.717, 1.165) is 11.0 Å². The highest BCUT2D eigenvalue weighted by Crippen LogP contribution is 2.21. The van der Waals surface area contributed by atoms with Gasteiger partial charge in [-0.25, -0.2) is 4.98 Å². The molecule has 2 nitrogen and oxygen atoms in total. The second-order valence-electron chi connectivity index (χ2n) is 2.57. The number of halogens is 2. The largest absolute Gasteiger partial charge is 0.318 e. The second kappa shape index (κ2) is 2.64. The summed E-state index contributed by atoms with van der Waals surface area (Å²) < 4.78 is 1.79. The maximum Gasteiger partial charge on any atom is 0.203 e. The fourth-order valence-corrected chi connectivity index (χ4v) is 1.48. The molecular formula is C8H6Cl2N2. The first-order valence-corrected chi connectivity index (χ1v) is 4.21. The lowest BCUT2D eigenvalue weighted by Gasteiger charge is -1.94. The maximum atomic E-state index is 5.82. The van der Waals surface area contributed by atoms with E-state index in [-0.39, 0.29) is 0 Å². The summed E-state index contributed by atoms with van der Waals surface area (Å²) >= 11 is 11.6. The Balaban J connectivity index is 2.88. The first-order chi connectivity index (χ1) is 5.68. The van der Waals surface area contributed by atoms with E-state index >= 15 is 0 Å². The first-order valence-electron chi connectivity index (χ1n) is 3.46. The Labute approximate surface area is 79.7 Å². The number of hydrogen-bond acceptors (Lipinski definition) is 1. The SMILES string of the molecule is Cn1c(Cl)nc2ccc(Cl)cc21. The summed E-state index contributed by atoms with van der Waals surface area (Å²) in [5.41, 5.74) is 1.82. The van der Waals surface area contributed by atoms with Crippen molar-refractivity contribution in [1.82, 2.24) is 9.55 Å². The summed E-state index contributed by atoms with van der Waals surface area (Å²) in [6.07, 6.45) is 0. The summed E-state index contributed by atoms with van der Waals surface area (Å²) in [6.45, 7) is 0. The van der Waals surface area contributed by atoms with Gasteiger partial charge in [-0.05, 0) is 29.8 Å². The average Bonchev–Trinajstić information content (AvgIpc) is 2.31. The van der Waals surface area contributed by atoms with Crippen LogP contribution in [0.1, 0.15) is 0 Å². The fraction of sp³-hybridized carbons (Fsp3) is 0.125. The molecule has 1 aromatic carbocycles. The molecule has 0 unspecified atom stereocenters. The number of aryl methyl sites for hydroxylation is 1. The average molecular weight is 201 g/mol. The predicted octanol–water partition coefficient (Wildman–Crippen LogP) is 2.88. The Morgan fingerprint density at radius 1 is 1.33 bits per heavy atom. The molecule has 0 atom stereocenters. The highest BCUT2D eigenvalue weighted by atomic mass is 35.5. The van der Waals surface area contributed by atoms with Gasteiger partial charge in [0.25, 0.3) is 0 Å². The van der Waals surface area contributed by atoms with Crippen LogP contribution < -0.4 is 0 Å². The third-order valence-electron chi connectivity index (χ3n) is 1.79. The summed E-state index contributed by atoms with van der Waals surface area (Å²) in [5, 5.41) is 1.18. The zero-order valence-electron chi connectivity index (χ0n) is 6.38. The zero-order chi connectivity index (χ0) is 8.72. The third kappa shape index (κ3) is 1.08. The molecule has 0 spiro atoms. The number of hydrogen-bond donors (Lipinski definition) is 0. The summed E-state index contributed by atoms with van der Waals surface area (Å²) in [4.78, 5) is 4.12. The Bertz CT molecular complexity index is 434. The second-order valence-corrected chi connectivity index (χ2v) is 3.35. The van der Waals surface area contributed by atoms with Crippen molar-refractivity contribution in [3.8, 4) is 0 Å². The number of rotatable bonds is 0. The number of fused-ring (bicyclic) bond motifs is 1. The van der Waals surface area contributed by atoms with Crippen LogP contribution in [0.5, 0.6) is 0 Å². The Morgan fingerprint density at radius 2 is 2.08 bits per heavy atom. The predicted molar refractivity (Wildman–Crippen MR) is 50.7 cm³/mol. The Hall–Kier alpha value is -0.730. The summed E-state index contributed by atoms with van der Waals surface area (Å²) in [6, 6.07) is 5.49. The molecule has 2 aromatic rings. The minimum Gasteiger partial charge on any atom is -0.318 e. The van der Waals surface area contributed by atoms with E-state index < -0.39 is 0 Å². The maximum absolute atomic E-state index is 5.82. The molecule has 0 bridgehead atoms. The molecule has 0 amide bonds. The van der Waals surface area contributed by atoms with E-state index in [0.29, 0.717) is 10.3 Å². The normalized spacial score (nSPS) is 10.9. The molecule has 0 aliphatic rings. The molecule has 0 aliphatic carbocycles. The lowest BCUT2D eigenvalue weighted by molar-refractivity contribution is 0.949. The van der Waals surface area contributed by atoms with Crippen molar-refractivity contribution in [2.75, 3.05) is 0 Å². The molecule has 12 heavy (non-hydrogen) atoms. The van der Waals surface area contributed by atoms with Gasteiger partial charge in [-0.1, -0.05) is 11.6 Å². The van der Waals surface area contributed by atoms with Crippen molar-refractivity contribution < 1.29 is 0 Å². The van der Waals surface area contributed by atoms with Gasteiger partial charge in [0.1, 0.15) is 0 Å². The van der Waals surface area contributed by atoms with Crippen molar-refractivity contribution in [3.63, 3.8) is 0 Å². The van der Waals surface area contributed by atoms with Gasteiger partial charge < -0.3 is 4.57 Å². The van der Waals surface area contributed by atoms with E-state index in [1.165, 1.54) is 0 Å². The number of nitrogens with zero attached hydrogens (tertiary/aromatic N) is 2. The monoisotopic (exact) mass is 200 g/mol. The van der Waals surface area contributed by atoms with Gasteiger partial charge in [-0.15, -0.1) is 0 Å². The topological polar surface area (TPSA) is 17.8 Å². The van der Waals surface area contributed by atoms with Gasteiger partial charge >= 0.3 is 0 Å². The highest BCUT2D eigenvalue weighted by molar-refractivity contribution is 6.31. The molecular weight excluding hydrogens is 195 g/mol. The molecule has 1 heterocycles. The minimum atomic E-state index is 0.479. The molecule has 0 fully saturated rings. The van der Waals surface area contributed by atoms with Crippen LogP contribution in [0.2, 0.25) is 10.3 Å². The third-order valence-corrected chi connectivity index (χ3v) is 2.36. The molecule has 0 N–H and O–H groups in total. The minimum absolute atomic E-state index is 0.479. The van der Waals surface area contributed by atoms with Gasteiger partial charge in [0, 0.05) is 12.1 Å². The number of benzene rings is 1. The molecule has 62 valence electrons. The molecule has 0 aliphatic heterocycles. The van der Waals surface area contributed by atoms with Crippen molar-refractivity contribution in [1.29, 1.82) is 0 Å². The van der Waals surface area contributed by atoms with Gasteiger partial charge in [0.05, 0.1) is 11.0 Å². The molecule has 4 heteroatoms. The van der Waals surface area contributed by atoms with Crippen molar-refractivity contribution in [2.45, 2.75) is 0 Å². The van der Waals surface area contributed by atoms with Crippen molar-refractivity contribution in [2.24, 2.45) is 7.05 Å². The van der Waals surface area contributed by atoms with Crippen molar-refractivity contribution in [3.05, 3.63) is 28.5 Å². The lowest BCUT2D eigenvalue weighted by Crippen LogP contribution is -1.85. The van der Waals surface area contributed by atoms with E-state index in [9.17, 15) is 0 Å². The van der Waals surface area contributed by atoms with Crippen LogP contribution in [0.15, 0.2) is 18.2 Å². The molecule has 2 rings (SSSR count). The number of aromatic nitrogens is 2. The van der Waals surface area contributed by atoms with Crippen molar-refractivity contribution >= 4 is 34.2 Å². The van der Waals surface area contributed by atoms with E-state index in [1.54, 1.807) is 10.6 Å². The van der Waals surface area contributed by atoms with Gasteiger partial charge in [-0.3, -0.25) is 0 Å². The van der Waals surface area contributed by atoms with Crippen LogP contribution in [0.3, 0.4) is 0 Å². The summed E-state index contributed by atoms with van der Waals surface area (Å²) in [7, 11) is 1.86. The van der Waals surface area contributed by atoms with Gasteiger partial charge in [-0.2, -0.15) is 0 Å². The van der Waals surface area contributed by atoms with Crippen LogP contribution in [0.25, 0.3) is 11.0 Å². The lowest BCUT2D eigenvalue weighted by atomic mass is 10.3. The van der Waals surface area contributed by atoms with Crippen LogP contribution in [0, 0.1) is 0 Å². The molecule has 0 saturated carbocycles. The van der Waals surface area contributed by atoms with E-state index in [1.807, 2.05) is 19.2 Å². The Kier molecular flexibility index (Phi) is 1.74. The molecule has 0 saturated heterocycles. The van der Waals surface area contributed by atoms with E-state index in [2.05, 4.69) is 4.98 Å². The quantitative estimate of drug-likeness (QED) is 0.640. The highest BCUT2D eigenvalue weighted by Gasteiger charge is 2.04. The summed E-state index contributed by atoms with van der Waals surface area (Å²) in [5.74, 6) is 0.